The molecule has 0 aromatic heterocycles. The molecule has 2 rings (SSSR count). The molecule has 26 heavy (non-hydrogen) atoms. The monoisotopic (exact) mass is 380 g/mol. The van der Waals surface area contributed by atoms with Crippen molar-refractivity contribution < 1.29 is 28.4 Å². The summed E-state index contributed by atoms with van der Waals surface area (Å²) in [6.07, 6.45) is 0. The maximum atomic E-state index is 13.0. The molecule has 2 N–H and O–H groups in total. The fourth-order valence-electron chi connectivity index (χ4n) is 1.94. The maximum Gasteiger partial charge on any atom is 0.513 e. The van der Waals surface area contributed by atoms with Crippen molar-refractivity contribution in [1.82, 2.24) is 5.09 Å². The highest BCUT2D eigenvalue weighted by molar-refractivity contribution is 7.52. The number of nitro benzene ring substituents is 1. The molecule has 0 fully saturated rings. The quantitative estimate of drug-likeness (QED) is 0.404. The van der Waals surface area contributed by atoms with Crippen molar-refractivity contribution in [2.45, 2.75) is 19.9 Å². The van der Waals surface area contributed by atoms with Crippen LogP contribution in [0.15, 0.2) is 48.5 Å². The van der Waals surface area contributed by atoms with Crippen LogP contribution in [0.5, 0.6) is 11.5 Å². The molecule has 2 unspecified atom stereocenters. The van der Waals surface area contributed by atoms with Gasteiger partial charge in [0.15, 0.2) is 0 Å². The summed E-state index contributed by atoms with van der Waals surface area (Å²) in [5.74, 6) is -0.998. The van der Waals surface area contributed by atoms with Gasteiger partial charge in [-0.1, -0.05) is 12.1 Å². The minimum absolute atomic E-state index is 0.0247. The standard InChI is InChI=1S/C16H17N2O7P/c1-11-4-3-5-15(10-11)25-26(23,17-12(2)16(19)20)24-14-8-6-13(7-9-14)18(21)22/h3-10,12H,1-2H3,(H,17,23)(H,19,20). The second kappa shape index (κ2) is 7.99. The molecular weight excluding hydrogens is 363 g/mol. The van der Waals surface area contributed by atoms with Crippen molar-refractivity contribution in [3.05, 3.63) is 64.2 Å². The summed E-state index contributed by atoms with van der Waals surface area (Å²) >= 11 is 0. The second-order valence-corrected chi connectivity index (χ2v) is 7.05. The average Bonchev–Trinajstić information content (AvgIpc) is 2.54. The Morgan fingerprint density at radius 3 is 2.35 bits per heavy atom. The van der Waals surface area contributed by atoms with E-state index in [1.807, 2.05) is 13.0 Å². The van der Waals surface area contributed by atoms with E-state index in [1.165, 1.54) is 31.2 Å². The third-order valence-corrected chi connectivity index (χ3v) is 4.82. The van der Waals surface area contributed by atoms with Crippen LogP contribution < -0.4 is 14.1 Å². The molecule has 0 aliphatic carbocycles. The van der Waals surface area contributed by atoms with E-state index in [9.17, 15) is 19.5 Å². The molecule has 0 saturated heterocycles. The molecule has 0 heterocycles. The number of carboxylic acids is 1. The summed E-state index contributed by atoms with van der Waals surface area (Å²) in [6.45, 7) is 3.09. The summed E-state index contributed by atoms with van der Waals surface area (Å²) < 4.78 is 23.8. The molecule has 2 aromatic carbocycles. The first-order valence-corrected chi connectivity index (χ1v) is 9.04. The summed E-state index contributed by atoms with van der Waals surface area (Å²) in [4.78, 5) is 21.2. The van der Waals surface area contributed by atoms with E-state index in [4.69, 9.17) is 14.2 Å². The normalized spacial score (nSPS) is 14.1. The van der Waals surface area contributed by atoms with Crippen LogP contribution in [0.1, 0.15) is 12.5 Å². The molecule has 0 spiro atoms. The molecule has 2 atom stereocenters. The van der Waals surface area contributed by atoms with Gasteiger partial charge in [0.1, 0.15) is 17.5 Å². The zero-order valence-electron chi connectivity index (χ0n) is 14.0. The van der Waals surface area contributed by atoms with E-state index in [0.29, 0.717) is 0 Å². The summed E-state index contributed by atoms with van der Waals surface area (Å²) in [5.41, 5.74) is 0.675. The van der Waals surface area contributed by atoms with Crippen molar-refractivity contribution in [3.63, 3.8) is 0 Å². The minimum Gasteiger partial charge on any atom is -0.480 e. The molecule has 10 heteroatoms. The first-order valence-electron chi connectivity index (χ1n) is 7.49. The summed E-state index contributed by atoms with van der Waals surface area (Å²) in [6, 6.07) is 10.3. The Kier molecular flexibility index (Phi) is 5.97. The topological polar surface area (TPSA) is 128 Å². The SMILES string of the molecule is Cc1cccc(OP(=O)(NC(C)C(=O)O)Oc2ccc([N+](=O)[O-])cc2)c1. The molecule has 138 valence electrons. The lowest BCUT2D eigenvalue weighted by Crippen LogP contribution is -2.34. The van der Waals surface area contributed by atoms with Gasteiger partial charge in [-0.2, -0.15) is 5.09 Å². The lowest BCUT2D eigenvalue weighted by Gasteiger charge is -2.22. The smallest absolute Gasteiger partial charge is 0.480 e. The Bertz CT molecular complexity index is 854. The Morgan fingerprint density at radius 1 is 1.19 bits per heavy atom. The first kappa shape index (κ1) is 19.4. The zero-order chi connectivity index (χ0) is 19.3. The third-order valence-electron chi connectivity index (χ3n) is 3.21. The van der Waals surface area contributed by atoms with E-state index in [1.54, 1.807) is 18.2 Å². The van der Waals surface area contributed by atoms with Gasteiger partial charge < -0.3 is 14.2 Å². The fraction of sp³-hybridized carbons (Fsp3) is 0.188. The third kappa shape index (κ3) is 5.30. The Labute approximate surface area is 149 Å². The zero-order valence-corrected chi connectivity index (χ0v) is 14.9. The van der Waals surface area contributed by atoms with E-state index in [2.05, 4.69) is 5.09 Å². The number of aliphatic carboxylic acids is 1. The van der Waals surface area contributed by atoms with Gasteiger partial charge >= 0.3 is 13.7 Å². The highest BCUT2D eigenvalue weighted by Crippen LogP contribution is 2.45. The minimum atomic E-state index is -4.13. The molecule has 0 aliphatic rings. The number of nitrogens with one attached hydrogen (secondary N) is 1. The number of rotatable bonds is 8. The molecule has 2 aromatic rings. The highest BCUT2D eigenvalue weighted by Gasteiger charge is 2.33. The van der Waals surface area contributed by atoms with Crippen LogP contribution in [-0.2, 0) is 9.36 Å². The average molecular weight is 380 g/mol. The predicted octanol–water partition coefficient (Wildman–Crippen LogP) is 3.53. The Balaban J connectivity index is 2.28. The van der Waals surface area contributed by atoms with E-state index < -0.39 is 24.7 Å². The summed E-state index contributed by atoms with van der Waals surface area (Å²) in [7, 11) is -4.13. The molecule has 0 radical (unpaired) electrons. The Hall–Kier alpha value is -2.90. The van der Waals surface area contributed by atoms with Gasteiger partial charge in [0.05, 0.1) is 4.92 Å². The number of carbonyl (C=O) groups is 1. The molecule has 0 saturated carbocycles. The van der Waals surface area contributed by atoms with Crippen molar-refractivity contribution in [3.8, 4) is 11.5 Å². The van der Waals surface area contributed by atoms with Crippen molar-refractivity contribution in [2.24, 2.45) is 0 Å². The predicted molar refractivity (Wildman–Crippen MR) is 93.4 cm³/mol. The van der Waals surface area contributed by atoms with Crippen LogP contribution in [0.25, 0.3) is 0 Å². The van der Waals surface area contributed by atoms with Gasteiger partial charge in [-0.25, -0.2) is 4.57 Å². The molecule has 9 nitrogen and oxygen atoms in total. The van der Waals surface area contributed by atoms with Crippen molar-refractivity contribution in [2.75, 3.05) is 0 Å². The Morgan fingerprint density at radius 2 is 1.81 bits per heavy atom. The van der Waals surface area contributed by atoms with Gasteiger partial charge in [0.25, 0.3) is 5.69 Å². The van der Waals surface area contributed by atoms with E-state index in [0.717, 1.165) is 5.56 Å². The van der Waals surface area contributed by atoms with E-state index >= 15 is 0 Å². The van der Waals surface area contributed by atoms with Crippen molar-refractivity contribution >= 4 is 19.4 Å². The van der Waals surface area contributed by atoms with Gasteiger partial charge in [-0.15, -0.1) is 0 Å². The van der Waals surface area contributed by atoms with Crippen LogP contribution in [0.2, 0.25) is 0 Å². The van der Waals surface area contributed by atoms with Crippen LogP contribution in [0, 0.1) is 17.0 Å². The van der Waals surface area contributed by atoms with Gasteiger partial charge in [-0.05, 0) is 43.7 Å². The number of non-ortho nitro benzene ring substituents is 1. The molecular formula is C16H17N2O7P. The number of hydrogen-bond acceptors (Lipinski definition) is 6. The number of carboxylic acid groups (broad SMARTS) is 1. The number of aryl methyl sites for hydroxylation is 1. The van der Waals surface area contributed by atoms with Gasteiger partial charge in [-0.3, -0.25) is 14.9 Å². The van der Waals surface area contributed by atoms with Gasteiger partial charge in [0.2, 0.25) is 0 Å². The van der Waals surface area contributed by atoms with Gasteiger partial charge in [0, 0.05) is 12.1 Å². The molecule has 0 bridgehead atoms. The molecule has 0 amide bonds. The lowest BCUT2D eigenvalue weighted by molar-refractivity contribution is -0.384. The van der Waals surface area contributed by atoms with Crippen molar-refractivity contribution in [1.29, 1.82) is 0 Å². The number of hydrogen-bond donors (Lipinski definition) is 2. The van der Waals surface area contributed by atoms with E-state index in [-0.39, 0.29) is 17.2 Å². The number of nitro groups is 1. The molecule has 0 aliphatic heterocycles. The largest absolute Gasteiger partial charge is 0.513 e. The summed E-state index contributed by atoms with van der Waals surface area (Å²) in [5, 5.41) is 22.1. The van der Waals surface area contributed by atoms with Crippen LogP contribution in [0.3, 0.4) is 0 Å². The van der Waals surface area contributed by atoms with Crippen LogP contribution in [-0.4, -0.2) is 22.0 Å². The number of nitrogens with zero attached hydrogens (tertiary/aromatic N) is 1. The lowest BCUT2D eigenvalue weighted by atomic mass is 10.2. The number of benzene rings is 2. The first-order chi connectivity index (χ1) is 12.2. The van der Waals surface area contributed by atoms with Crippen LogP contribution >= 0.6 is 7.75 Å². The fourth-order valence-corrected chi connectivity index (χ4v) is 3.46. The second-order valence-electron chi connectivity index (χ2n) is 5.44. The highest BCUT2D eigenvalue weighted by atomic mass is 31.2. The maximum absolute atomic E-state index is 13.0. The van der Waals surface area contributed by atoms with Crippen LogP contribution in [0.4, 0.5) is 5.69 Å².